The van der Waals surface area contributed by atoms with E-state index in [1.54, 1.807) is 0 Å². The number of halogens is 3. The van der Waals surface area contributed by atoms with Crippen LogP contribution < -0.4 is 5.32 Å². The van der Waals surface area contributed by atoms with Gasteiger partial charge >= 0.3 is 12.1 Å². The number of amides is 1. The molecule has 122 valence electrons. The molecule has 0 unspecified atom stereocenters. The monoisotopic (exact) mass is 319 g/mol. The molecule has 0 bridgehead atoms. The number of carbonyl (C=O) groups excluding carboxylic acids is 2. The van der Waals surface area contributed by atoms with Crippen molar-refractivity contribution in [3.8, 4) is 0 Å². The van der Waals surface area contributed by atoms with Crippen LogP contribution in [-0.2, 0) is 27.0 Å². The molecule has 1 aliphatic carbocycles. The number of aryl methyl sites for hydroxylation is 1. The van der Waals surface area contributed by atoms with E-state index in [1.807, 2.05) is 0 Å². The second-order valence-electron chi connectivity index (χ2n) is 5.05. The Labute approximate surface area is 124 Å². The highest BCUT2D eigenvalue weighted by molar-refractivity contribution is 5.81. The standard InChI is InChI=1S/C13H16F3N3O3/c1-22-12(21)7-17-11(20)4-5-19-9(8-2-3-8)6-10(18-19)13(14,15)16/h6,8H,2-5,7H2,1H3,(H,17,20). The molecule has 0 aromatic carbocycles. The quantitative estimate of drug-likeness (QED) is 0.806. The van der Waals surface area contributed by atoms with Gasteiger partial charge in [-0.3, -0.25) is 14.3 Å². The van der Waals surface area contributed by atoms with E-state index in [1.165, 1.54) is 11.8 Å². The normalized spacial score (nSPS) is 14.7. The number of aromatic nitrogens is 2. The van der Waals surface area contributed by atoms with E-state index in [-0.39, 0.29) is 25.4 Å². The molecule has 1 saturated carbocycles. The van der Waals surface area contributed by atoms with Crippen LogP contribution in [0.1, 0.15) is 36.6 Å². The summed E-state index contributed by atoms with van der Waals surface area (Å²) < 4.78 is 43.7. The Kier molecular flexibility index (Phi) is 4.72. The van der Waals surface area contributed by atoms with Crippen LogP contribution in [-0.4, -0.2) is 35.3 Å². The van der Waals surface area contributed by atoms with E-state index >= 15 is 0 Å². The molecule has 0 saturated heterocycles. The van der Waals surface area contributed by atoms with Crippen molar-refractivity contribution >= 4 is 11.9 Å². The molecule has 1 N–H and O–H groups in total. The van der Waals surface area contributed by atoms with Crippen molar-refractivity contribution in [2.24, 2.45) is 0 Å². The lowest BCUT2D eigenvalue weighted by Gasteiger charge is -2.07. The summed E-state index contributed by atoms with van der Waals surface area (Å²) in [5.74, 6) is -0.955. The Hall–Kier alpha value is -2.06. The summed E-state index contributed by atoms with van der Waals surface area (Å²) in [4.78, 5) is 22.4. The number of nitrogens with zero attached hydrogens (tertiary/aromatic N) is 2. The van der Waals surface area contributed by atoms with Crippen LogP contribution >= 0.6 is 0 Å². The summed E-state index contributed by atoms with van der Waals surface area (Å²) in [6, 6.07) is 1.05. The van der Waals surface area contributed by atoms with Gasteiger partial charge in [-0.05, 0) is 18.9 Å². The highest BCUT2D eigenvalue weighted by Crippen LogP contribution is 2.42. The Balaban J connectivity index is 1.95. The molecule has 0 spiro atoms. The third-order valence-corrected chi connectivity index (χ3v) is 3.31. The molecule has 1 aromatic heterocycles. The van der Waals surface area contributed by atoms with Crippen molar-refractivity contribution in [1.82, 2.24) is 15.1 Å². The first-order valence-electron chi connectivity index (χ1n) is 6.79. The average Bonchev–Trinajstić information content (AvgIpc) is 3.20. The predicted molar refractivity (Wildman–Crippen MR) is 68.8 cm³/mol. The van der Waals surface area contributed by atoms with E-state index in [0.717, 1.165) is 18.9 Å². The van der Waals surface area contributed by atoms with Crippen molar-refractivity contribution in [3.05, 3.63) is 17.5 Å². The lowest BCUT2D eigenvalue weighted by Crippen LogP contribution is -2.30. The maximum absolute atomic E-state index is 12.7. The third-order valence-electron chi connectivity index (χ3n) is 3.31. The van der Waals surface area contributed by atoms with Gasteiger partial charge in [0.15, 0.2) is 5.69 Å². The van der Waals surface area contributed by atoms with E-state index in [2.05, 4.69) is 15.2 Å². The van der Waals surface area contributed by atoms with E-state index in [0.29, 0.717) is 5.69 Å². The topological polar surface area (TPSA) is 73.2 Å². The largest absolute Gasteiger partial charge is 0.468 e. The second kappa shape index (κ2) is 6.37. The maximum Gasteiger partial charge on any atom is 0.435 e. The molecule has 1 heterocycles. The molecule has 22 heavy (non-hydrogen) atoms. The molecule has 1 aliphatic rings. The molecule has 9 heteroatoms. The first kappa shape index (κ1) is 16.3. The van der Waals surface area contributed by atoms with E-state index < -0.39 is 23.7 Å². The average molecular weight is 319 g/mol. The number of rotatable bonds is 6. The second-order valence-corrected chi connectivity index (χ2v) is 5.05. The number of carbonyl (C=O) groups is 2. The Morgan fingerprint density at radius 2 is 2.14 bits per heavy atom. The summed E-state index contributed by atoms with van der Waals surface area (Å²) in [6.07, 6.45) is -2.90. The number of hydrogen-bond acceptors (Lipinski definition) is 4. The van der Waals surface area contributed by atoms with Crippen molar-refractivity contribution in [3.63, 3.8) is 0 Å². The third kappa shape index (κ3) is 4.22. The fourth-order valence-corrected chi connectivity index (χ4v) is 2.00. The summed E-state index contributed by atoms with van der Waals surface area (Å²) >= 11 is 0. The van der Waals surface area contributed by atoms with Gasteiger partial charge in [-0.25, -0.2) is 0 Å². The van der Waals surface area contributed by atoms with Gasteiger partial charge in [-0.2, -0.15) is 18.3 Å². The smallest absolute Gasteiger partial charge is 0.435 e. The highest BCUT2D eigenvalue weighted by Gasteiger charge is 2.37. The van der Waals surface area contributed by atoms with Crippen LogP contribution in [0.3, 0.4) is 0 Å². The SMILES string of the molecule is COC(=O)CNC(=O)CCn1nc(C(F)(F)F)cc1C1CC1. The maximum atomic E-state index is 12.7. The number of alkyl halides is 3. The van der Waals surface area contributed by atoms with E-state index in [4.69, 9.17) is 0 Å². The number of nitrogens with one attached hydrogen (secondary N) is 1. The minimum atomic E-state index is -4.50. The van der Waals surface area contributed by atoms with Gasteiger partial charge in [0, 0.05) is 24.6 Å². The summed E-state index contributed by atoms with van der Waals surface area (Å²) in [5.41, 5.74) is -0.433. The zero-order chi connectivity index (χ0) is 16.3. The van der Waals surface area contributed by atoms with Crippen LogP contribution in [0.2, 0.25) is 0 Å². The lowest BCUT2D eigenvalue weighted by atomic mass is 10.2. The first-order chi connectivity index (χ1) is 10.3. The summed E-state index contributed by atoms with van der Waals surface area (Å²) in [5, 5.41) is 5.87. The highest BCUT2D eigenvalue weighted by atomic mass is 19.4. The fraction of sp³-hybridized carbons (Fsp3) is 0.615. The van der Waals surface area contributed by atoms with Crippen LogP contribution in [0, 0.1) is 0 Å². The number of ether oxygens (including phenoxy) is 1. The van der Waals surface area contributed by atoms with Gasteiger partial charge in [0.05, 0.1) is 7.11 Å². The molecular weight excluding hydrogens is 303 g/mol. The summed E-state index contributed by atoms with van der Waals surface area (Å²) in [7, 11) is 1.19. The molecule has 0 atom stereocenters. The van der Waals surface area contributed by atoms with Crippen LogP contribution in [0.15, 0.2) is 6.07 Å². The molecule has 1 amide bonds. The van der Waals surface area contributed by atoms with Crippen molar-refractivity contribution in [2.75, 3.05) is 13.7 Å². The van der Waals surface area contributed by atoms with Gasteiger partial charge in [0.1, 0.15) is 6.54 Å². The Morgan fingerprint density at radius 3 is 2.68 bits per heavy atom. The van der Waals surface area contributed by atoms with Crippen molar-refractivity contribution in [2.45, 2.75) is 37.9 Å². The van der Waals surface area contributed by atoms with Gasteiger partial charge in [-0.15, -0.1) is 0 Å². The predicted octanol–water partition coefficient (Wildman–Crippen LogP) is 1.46. The van der Waals surface area contributed by atoms with Crippen LogP contribution in [0.4, 0.5) is 13.2 Å². The van der Waals surface area contributed by atoms with Crippen LogP contribution in [0.5, 0.6) is 0 Å². The molecular formula is C13H16F3N3O3. The Bertz CT molecular complexity index is 565. The van der Waals surface area contributed by atoms with Crippen LogP contribution in [0.25, 0.3) is 0 Å². The minimum absolute atomic E-state index is 0.0366. The minimum Gasteiger partial charge on any atom is -0.468 e. The fourth-order valence-electron chi connectivity index (χ4n) is 2.00. The zero-order valence-corrected chi connectivity index (χ0v) is 11.9. The molecule has 1 aromatic rings. The first-order valence-corrected chi connectivity index (χ1v) is 6.79. The van der Waals surface area contributed by atoms with Gasteiger partial charge < -0.3 is 10.1 Å². The number of hydrogen-bond donors (Lipinski definition) is 1. The molecule has 6 nitrogen and oxygen atoms in total. The Morgan fingerprint density at radius 1 is 1.45 bits per heavy atom. The zero-order valence-electron chi connectivity index (χ0n) is 11.9. The molecule has 2 rings (SSSR count). The van der Waals surface area contributed by atoms with Gasteiger partial charge in [0.25, 0.3) is 0 Å². The molecule has 0 radical (unpaired) electrons. The number of methoxy groups -OCH3 is 1. The van der Waals surface area contributed by atoms with E-state index in [9.17, 15) is 22.8 Å². The van der Waals surface area contributed by atoms with Crippen molar-refractivity contribution < 1.29 is 27.5 Å². The van der Waals surface area contributed by atoms with Gasteiger partial charge in [-0.1, -0.05) is 0 Å². The number of esters is 1. The lowest BCUT2D eigenvalue weighted by molar-refractivity contribution is -0.142. The molecule has 1 fully saturated rings. The van der Waals surface area contributed by atoms with Gasteiger partial charge in [0.2, 0.25) is 5.91 Å². The molecule has 0 aliphatic heterocycles. The summed E-state index contributed by atoms with van der Waals surface area (Å²) in [6.45, 7) is -0.230. The van der Waals surface area contributed by atoms with Crippen molar-refractivity contribution in [1.29, 1.82) is 0 Å².